The van der Waals surface area contributed by atoms with Crippen LogP contribution >= 0.6 is 11.3 Å². The molecule has 1 atom stereocenters. The Balaban J connectivity index is 1.87. The molecule has 2 saturated heterocycles. The van der Waals surface area contributed by atoms with E-state index in [-0.39, 0.29) is 0 Å². The lowest BCUT2D eigenvalue weighted by Gasteiger charge is -2.37. The first-order valence-corrected chi connectivity index (χ1v) is 6.61. The molecule has 2 aliphatic heterocycles. The van der Waals surface area contributed by atoms with E-state index in [4.69, 9.17) is 4.74 Å². The Morgan fingerprint density at radius 1 is 1.40 bits per heavy atom. The summed E-state index contributed by atoms with van der Waals surface area (Å²) in [5, 5.41) is 5.77. The van der Waals surface area contributed by atoms with Crippen molar-refractivity contribution in [2.24, 2.45) is 5.41 Å². The van der Waals surface area contributed by atoms with Crippen LogP contribution in [0.15, 0.2) is 17.5 Å². The molecule has 15 heavy (non-hydrogen) atoms. The Labute approximate surface area is 94.6 Å². The highest BCUT2D eigenvalue weighted by Gasteiger charge is 2.44. The normalized spacial score (nSPS) is 29.7. The maximum absolute atomic E-state index is 5.50. The zero-order chi connectivity index (χ0) is 10.1. The van der Waals surface area contributed by atoms with Crippen LogP contribution in [0.5, 0.6) is 0 Å². The van der Waals surface area contributed by atoms with Gasteiger partial charge in [0, 0.05) is 37.1 Å². The maximum Gasteiger partial charge on any atom is 0.0472 e. The van der Waals surface area contributed by atoms with Gasteiger partial charge in [-0.05, 0) is 29.7 Å². The Morgan fingerprint density at radius 3 is 3.00 bits per heavy atom. The molecule has 2 aliphatic rings. The predicted octanol–water partition coefficient (Wildman–Crippen LogP) is 2.23. The second kappa shape index (κ2) is 3.89. The Kier molecular flexibility index (Phi) is 2.54. The summed E-state index contributed by atoms with van der Waals surface area (Å²) in [4.78, 5) is 1.56. The van der Waals surface area contributed by atoms with Gasteiger partial charge in [0.15, 0.2) is 0 Å². The Bertz CT molecular complexity index is 316. The third-order valence-corrected chi connectivity index (χ3v) is 4.93. The van der Waals surface area contributed by atoms with Crippen LogP contribution in [0.2, 0.25) is 0 Å². The van der Waals surface area contributed by atoms with Crippen molar-refractivity contribution in [1.82, 2.24) is 5.32 Å². The molecule has 1 N–H and O–H groups in total. The summed E-state index contributed by atoms with van der Waals surface area (Å²) in [6.07, 6.45) is 2.45. The predicted molar refractivity (Wildman–Crippen MR) is 62.4 cm³/mol. The van der Waals surface area contributed by atoms with E-state index in [1.807, 2.05) is 11.3 Å². The third kappa shape index (κ3) is 1.63. The van der Waals surface area contributed by atoms with Crippen molar-refractivity contribution in [3.63, 3.8) is 0 Å². The molecule has 3 heterocycles. The highest BCUT2D eigenvalue weighted by atomic mass is 32.1. The molecule has 0 aromatic carbocycles. The molecule has 1 unspecified atom stereocenters. The van der Waals surface area contributed by atoms with E-state index in [1.165, 1.54) is 19.4 Å². The lowest BCUT2D eigenvalue weighted by Crippen LogP contribution is -2.35. The molecule has 3 rings (SSSR count). The summed E-state index contributed by atoms with van der Waals surface area (Å²) in [6, 6.07) is 4.46. The van der Waals surface area contributed by atoms with E-state index in [0.717, 1.165) is 25.7 Å². The molecule has 82 valence electrons. The molecule has 0 radical (unpaired) electrons. The van der Waals surface area contributed by atoms with Gasteiger partial charge < -0.3 is 10.1 Å². The Morgan fingerprint density at radius 2 is 2.27 bits per heavy atom. The number of ether oxygens (including phenoxy) is 1. The van der Waals surface area contributed by atoms with Gasteiger partial charge in [-0.2, -0.15) is 0 Å². The maximum atomic E-state index is 5.50. The summed E-state index contributed by atoms with van der Waals surface area (Å²) in [5.74, 6) is 0.724. The van der Waals surface area contributed by atoms with E-state index < -0.39 is 0 Å². The molecule has 0 saturated carbocycles. The van der Waals surface area contributed by atoms with Crippen LogP contribution in [0.1, 0.15) is 23.6 Å². The van der Waals surface area contributed by atoms with Gasteiger partial charge >= 0.3 is 0 Å². The van der Waals surface area contributed by atoms with Crippen molar-refractivity contribution >= 4 is 11.3 Å². The second-order valence-electron chi connectivity index (χ2n) is 4.67. The summed E-state index contributed by atoms with van der Waals surface area (Å²) in [5.41, 5.74) is 0.489. The van der Waals surface area contributed by atoms with E-state index in [2.05, 4.69) is 22.8 Å². The van der Waals surface area contributed by atoms with Gasteiger partial charge in [0.25, 0.3) is 0 Å². The lowest BCUT2D eigenvalue weighted by atomic mass is 9.71. The lowest BCUT2D eigenvalue weighted by molar-refractivity contribution is 0.0169. The van der Waals surface area contributed by atoms with Crippen molar-refractivity contribution in [2.75, 3.05) is 26.3 Å². The molecular weight excluding hydrogens is 206 g/mol. The molecule has 2 nitrogen and oxygen atoms in total. The van der Waals surface area contributed by atoms with E-state index >= 15 is 0 Å². The van der Waals surface area contributed by atoms with Gasteiger partial charge in [0.2, 0.25) is 0 Å². The average Bonchev–Trinajstić information content (AvgIpc) is 2.88. The van der Waals surface area contributed by atoms with E-state index in [9.17, 15) is 0 Å². The third-order valence-electron chi connectivity index (χ3n) is 3.94. The molecule has 1 aromatic heterocycles. The van der Waals surface area contributed by atoms with Crippen molar-refractivity contribution in [3.8, 4) is 0 Å². The largest absolute Gasteiger partial charge is 0.381 e. The summed E-state index contributed by atoms with van der Waals surface area (Å²) in [7, 11) is 0. The summed E-state index contributed by atoms with van der Waals surface area (Å²) < 4.78 is 5.50. The number of hydrogen-bond donors (Lipinski definition) is 1. The van der Waals surface area contributed by atoms with Gasteiger partial charge in [0.1, 0.15) is 0 Å². The fraction of sp³-hybridized carbons (Fsp3) is 0.667. The zero-order valence-electron chi connectivity index (χ0n) is 8.87. The molecule has 3 heteroatoms. The summed E-state index contributed by atoms with van der Waals surface area (Å²) >= 11 is 1.91. The standard InChI is InChI=1S/C12H17NOS/c1-2-11(15-7-1)10-8-13-9-12(10)3-5-14-6-4-12/h1-2,7,10,13H,3-6,8-9H2. The molecule has 2 fully saturated rings. The first-order chi connectivity index (χ1) is 7.41. The minimum Gasteiger partial charge on any atom is -0.381 e. The minimum absolute atomic E-state index is 0.489. The van der Waals surface area contributed by atoms with Crippen LogP contribution < -0.4 is 5.32 Å². The minimum atomic E-state index is 0.489. The van der Waals surface area contributed by atoms with Crippen molar-refractivity contribution < 1.29 is 4.74 Å². The molecule has 0 aliphatic carbocycles. The van der Waals surface area contributed by atoms with Gasteiger partial charge in [-0.25, -0.2) is 0 Å². The SMILES string of the molecule is c1csc(C2CNCC23CCOCC3)c1. The smallest absolute Gasteiger partial charge is 0.0472 e. The van der Waals surface area contributed by atoms with Crippen LogP contribution in [0.4, 0.5) is 0 Å². The molecule has 0 bridgehead atoms. The van der Waals surface area contributed by atoms with Crippen LogP contribution in [0.25, 0.3) is 0 Å². The molecule has 1 spiro atoms. The highest BCUT2D eigenvalue weighted by molar-refractivity contribution is 7.10. The van der Waals surface area contributed by atoms with Crippen molar-refractivity contribution in [3.05, 3.63) is 22.4 Å². The van der Waals surface area contributed by atoms with Crippen LogP contribution in [0.3, 0.4) is 0 Å². The number of nitrogens with one attached hydrogen (secondary N) is 1. The molecular formula is C12H17NOS. The average molecular weight is 223 g/mol. The zero-order valence-corrected chi connectivity index (χ0v) is 9.69. The summed E-state index contributed by atoms with van der Waals surface area (Å²) in [6.45, 7) is 4.23. The Hall–Kier alpha value is -0.380. The fourth-order valence-corrected chi connectivity index (χ4v) is 3.97. The van der Waals surface area contributed by atoms with Gasteiger partial charge in [-0.1, -0.05) is 6.07 Å². The number of thiophene rings is 1. The number of hydrogen-bond acceptors (Lipinski definition) is 3. The van der Waals surface area contributed by atoms with E-state index in [0.29, 0.717) is 5.41 Å². The molecule has 1 aromatic rings. The topological polar surface area (TPSA) is 21.3 Å². The van der Waals surface area contributed by atoms with Crippen molar-refractivity contribution in [2.45, 2.75) is 18.8 Å². The monoisotopic (exact) mass is 223 g/mol. The van der Waals surface area contributed by atoms with Gasteiger partial charge in [-0.15, -0.1) is 11.3 Å². The van der Waals surface area contributed by atoms with Crippen LogP contribution in [0, 0.1) is 5.41 Å². The van der Waals surface area contributed by atoms with Gasteiger partial charge in [0.05, 0.1) is 0 Å². The highest BCUT2D eigenvalue weighted by Crippen LogP contribution is 2.47. The van der Waals surface area contributed by atoms with Crippen molar-refractivity contribution in [1.29, 1.82) is 0 Å². The second-order valence-corrected chi connectivity index (χ2v) is 5.65. The van der Waals surface area contributed by atoms with Crippen LogP contribution in [-0.4, -0.2) is 26.3 Å². The van der Waals surface area contributed by atoms with Gasteiger partial charge in [-0.3, -0.25) is 0 Å². The first-order valence-electron chi connectivity index (χ1n) is 5.73. The molecule has 0 amide bonds. The van der Waals surface area contributed by atoms with E-state index in [1.54, 1.807) is 4.88 Å². The fourth-order valence-electron chi connectivity index (χ4n) is 3.00. The quantitative estimate of drug-likeness (QED) is 0.788. The first kappa shape index (κ1) is 9.82. The number of rotatable bonds is 1. The van der Waals surface area contributed by atoms with Crippen LogP contribution in [-0.2, 0) is 4.74 Å².